The molecule has 1 aromatic carbocycles. The van der Waals surface area contributed by atoms with E-state index in [0.717, 1.165) is 24.6 Å². The molecule has 0 aromatic heterocycles. The van der Waals surface area contributed by atoms with Gasteiger partial charge < -0.3 is 5.32 Å². The number of likely N-dealkylation sites (tertiary alicyclic amines) is 1. The molecule has 2 fully saturated rings. The fourth-order valence-corrected chi connectivity index (χ4v) is 4.00. The number of amides is 1. The number of thioether (sulfide) groups is 1. The molecule has 1 N–H and O–H groups in total. The number of hydrogen-bond donors (Lipinski definition) is 1. The molecule has 3 rings (SSSR count). The van der Waals surface area contributed by atoms with E-state index >= 15 is 0 Å². The molecular formula is C17H17N3O3S. The van der Waals surface area contributed by atoms with Gasteiger partial charge in [-0.15, -0.1) is 0 Å². The summed E-state index contributed by atoms with van der Waals surface area (Å²) in [5.74, 6) is -0.169. The third kappa shape index (κ3) is 3.35. The number of hydrogen-bond acceptors (Lipinski definition) is 6. The normalized spacial score (nSPS) is 24.6. The van der Waals surface area contributed by atoms with Gasteiger partial charge in [-0.25, -0.2) is 0 Å². The maximum Gasteiger partial charge on any atom is 0.252 e. The van der Waals surface area contributed by atoms with Crippen molar-refractivity contribution in [2.75, 3.05) is 12.3 Å². The van der Waals surface area contributed by atoms with Gasteiger partial charge in [-0.1, -0.05) is 17.8 Å². The summed E-state index contributed by atoms with van der Waals surface area (Å²) in [6, 6.07) is 7.74. The van der Waals surface area contributed by atoms with Gasteiger partial charge in [0, 0.05) is 12.1 Å². The average molecular weight is 343 g/mol. The van der Waals surface area contributed by atoms with E-state index in [0.29, 0.717) is 24.1 Å². The quantitative estimate of drug-likeness (QED) is 0.832. The van der Waals surface area contributed by atoms with Crippen LogP contribution in [0.3, 0.4) is 0 Å². The van der Waals surface area contributed by atoms with Crippen LogP contribution in [-0.2, 0) is 9.59 Å². The molecule has 1 aromatic rings. The highest BCUT2D eigenvalue weighted by molar-refractivity contribution is 8.15. The van der Waals surface area contributed by atoms with Crippen LogP contribution in [-0.4, -0.2) is 46.2 Å². The van der Waals surface area contributed by atoms with Gasteiger partial charge in [0.1, 0.15) is 6.04 Å². The first-order valence-electron chi connectivity index (χ1n) is 7.86. The van der Waals surface area contributed by atoms with Crippen molar-refractivity contribution in [1.29, 1.82) is 5.26 Å². The van der Waals surface area contributed by atoms with Crippen molar-refractivity contribution in [3.05, 3.63) is 35.4 Å². The van der Waals surface area contributed by atoms with Crippen LogP contribution in [0.1, 0.15) is 35.2 Å². The Bertz CT molecular complexity index is 712. The molecule has 0 radical (unpaired) electrons. The molecule has 24 heavy (non-hydrogen) atoms. The number of carbonyl (C=O) groups is 3. The number of carbonyl (C=O) groups excluding carboxylic acids is 3. The Balaban J connectivity index is 1.76. The van der Waals surface area contributed by atoms with Gasteiger partial charge in [-0.2, -0.15) is 5.26 Å². The van der Waals surface area contributed by atoms with Gasteiger partial charge in [-0.3, -0.25) is 19.3 Å². The predicted octanol–water partition coefficient (Wildman–Crippen LogP) is 1.31. The van der Waals surface area contributed by atoms with Crippen molar-refractivity contribution in [3.63, 3.8) is 0 Å². The second-order valence-corrected chi connectivity index (χ2v) is 6.87. The van der Waals surface area contributed by atoms with Gasteiger partial charge in [0.2, 0.25) is 5.12 Å². The zero-order valence-corrected chi connectivity index (χ0v) is 13.8. The summed E-state index contributed by atoms with van der Waals surface area (Å²) in [4.78, 5) is 38.4. The topological polar surface area (TPSA) is 90.3 Å². The van der Waals surface area contributed by atoms with Crippen LogP contribution in [0.5, 0.6) is 0 Å². The van der Waals surface area contributed by atoms with E-state index in [1.54, 1.807) is 18.2 Å². The Morgan fingerprint density at radius 3 is 2.88 bits per heavy atom. The Morgan fingerprint density at radius 2 is 2.17 bits per heavy atom. The lowest BCUT2D eigenvalue weighted by Crippen LogP contribution is -2.57. The van der Waals surface area contributed by atoms with Crippen molar-refractivity contribution in [1.82, 2.24) is 10.2 Å². The van der Waals surface area contributed by atoms with E-state index < -0.39 is 6.04 Å². The van der Waals surface area contributed by atoms with Crippen LogP contribution >= 0.6 is 11.8 Å². The van der Waals surface area contributed by atoms with Crippen LogP contribution in [0.15, 0.2) is 24.3 Å². The molecule has 0 bridgehead atoms. The Hall–Kier alpha value is -2.17. The van der Waals surface area contributed by atoms with Crippen LogP contribution in [0.25, 0.3) is 0 Å². The number of nitrogens with one attached hydrogen (secondary N) is 1. The third-order valence-electron chi connectivity index (χ3n) is 4.31. The van der Waals surface area contributed by atoms with E-state index in [1.165, 1.54) is 6.07 Å². The Morgan fingerprint density at radius 1 is 1.33 bits per heavy atom. The second-order valence-electron chi connectivity index (χ2n) is 5.89. The first kappa shape index (κ1) is 16.7. The van der Waals surface area contributed by atoms with Gasteiger partial charge in [0.25, 0.3) is 5.91 Å². The predicted molar refractivity (Wildman–Crippen MR) is 89.2 cm³/mol. The van der Waals surface area contributed by atoms with Crippen molar-refractivity contribution in [2.24, 2.45) is 0 Å². The van der Waals surface area contributed by atoms with E-state index in [-0.39, 0.29) is 28.7 Å². The minimum atomic E-state index is -0.744. The molecule has 2 heterocycles. The van der Waals surface area contributed by atoms with E-state index in [9.17, 15) is 14.4 Å². The molecule has 0 spiro atoms. The highest BCUT2D eigenvalue weighted by Crippen LogP contribution is 2.27. The number of Topliss-reactive ketones (excluding diaryl/α,β-unsaturated/α-hetero) is 1. The van der Waals surface area contributed by atoms with Crippen molar-refractivity contribution >= 4 is 28.6 Å². The fraction of sp³-hybridized carbons (Fsp3) is 0.412. The molecule has 2 aliphatic heterocycles. The molecule has 0 saturated carbocycles. The number of rotatable bonds is 3. The number of ketones is 1. The summed E-state index contributed by atoms with van der Waals surface area (Å²) in [6.07, 6.45) is 2.19. The molecule has 1 amide bonds. The summed E-state index contributed by atoms with van der Waals surface area (Å²) in [7, 11) is 0. The van der Waals surface area contributed by atoms with Gasteiger partial charge >= 0.3 is 0 Å². The zero-order chi connectivity index (χ0) is 17.1. The van der Waals surface area contributed by atoms with E-state index in [1.807, 2.05) is 11.0 Å². The van der Waals surface area contributed by atoms with Gasteiger partial charge in [0.15, 0.2) is 5.78 Å². The number of nitriles is 1. The molecule has 6 nitrogen and oxygen atoms in total. The standard InChI is InChI=1S/C17H17N3O3S/c18-9-11-4-3-5-12(8-11)16(22)19-14-6-1-2-7-20(14)15-13(21)10-24-17(15)23/h3-5,8,14-15H,1-2,6-7,10H2,(H,19,22). The maximum atomic E-state index is 12.5. The number of nitrogens with zero attached hydrogens (tertiary/aromatic N) is 2. The number of benzene rings is 1. The summed E-state index contributed by atoms with van der Waals surface area (Å²) >= 11 is 1.05. The molecular weight excluding hydrogens is 326 g/mol. The lowest BCUT2D eigenvalue weighted by atomic mass is 10.0. The van der Waals surface area contributed by atoms with Crippen molar-refractivity contribution in [3.8, 4) is 6.07 Å². The molecule has 124 valence electrons. The summed E-state index contributed by atoms with van der Waals surface area (Å²) in [5, 5.41) is 11.7. The first-order chi connectivity index (χ1) is 11.6. The van der Waals surface area contributed by atoms with Gasteiger partial charge in [-0.05, 0) is 37.5 Å². The Labute approximate surface area is 144 Å². The smallest absolute Gasteiger partial charge is 0.252 e. The summed E-state index contributed by atoms with van der Waals surface area (Å²) < 4.78 is 0. The first-order valence-corrected chi connectivity index (χ1v) is 8.85. The van der Waals surface area contributed by atoms with Crippen LogP contribution in [0.2, 0.25) is 0 Å². The fourth-order valence-electron chi connectivity index (χ4n) is 3.13. The highest BCUT2D eigenvalue weighted by atomic mass is 32.2. The lowest BCUT2D eigenvalue weighted by molar-refractivity contribution is -0.129. The summed E-state index contributed by atoms with van der Waals surface area (Å²) in [6.45, 7) is 0.617. The molecule has 0 aliphatic carbocycles. The third-order valence-corrected chi connectivity index (χ3v) is 5.25. The number of piperidine rings is 1. The zero-order valence-electron chi connectivity index (χ0n) is 13.0. The minimum absolute atomic E-state index is 0.0855. The second kappa shape index (κ2) is 7.16. The molecule has 7 heteroatoms. The lowest BCUT2D eigenvalue weighted by Gasteiger charge is -2.38. The monoisotopic (exact) mass is 343 g/mol. The van der Waals surface area contributed by atoms with Crippen molar-refractivity contribution < 1.29 is 14.4 Å². The van der Waals surface area contributed by atoms with Crippen molar-refractivity contribution in [2.45, 2.75) is 31.5 Å². The largest absolute Gasteiger partial charge is 0.336 e. The van der Waals surface area contributed by atoms with Crippen LogP contribution in [0.4, 0.5) is 0 Å². The van der Waals surface area contributed by atoms with E-state index in [4.69, 9.17) is 5.26 Å². The molecule has 2 saturated heterocycles. The Kier molecular flexibility index (Phi) is 4.97. The SMILES string of the molecule is N#Cc1cccc(C(=O)NC2CCCCN2C2C(=O)CSC2=O)c1. The molecule has 2 unspecified atom stereocenters. The molecule has 2 aliphatic rings. The van der Waals surface area contributed by atoms with Gasteiger partial charge in [0.05, 0.1) is 23.6 Å². The summed E-state index contributed by atoms with van der Waals surface area (Å²) in [5.41, 5.74) is 0.818. The average Bonchev–Trinajstić information content (AvgIpc) is 2.94. The highest BCUT2D eigenvalue weighted by Gasteiger charge is 2.42. The van der Waals surface area contributed by atoms with Crippen LogP contribution < -0.4 is 5.32 Å². The maximum absolute atomic E-state index is 12.5. The molecule has 2 atom stereocenters. The van der Waals surface area contributed by atoms with E-state index in [2.05, 4.69) is 5.32 Å². The minimum Gasteiger partial charge on any atom is -0.336 e. The van der Waals surface area contributed by atoms with Crippen LogP contribution in [0, 0.1) is 11.3 Å².